The van der Waals surface area contributed by atoms with E-state index in [1.54, 1.807) is 0 Å². The minimum absolute atomic E-state index is 0.895. The summed E-state index contributed by atoms with van der Waals surface area (Å²) in [5, 5.41) is 4.57. The molecule has 0 radical (unpaired) electrons. The minimum Gasteiger partial charge on any atom is -0.313 e. The predicted octanol–water partition coefficient (Wildman–Crippen LogP) is 2.80. The van der Waals surface area contributed by atoms with Crippen LogP contribution in [0.15, 0.2) is 0 Å². The molecule has 0 aliphatic heterocycles. The Kier molecular flexibility index (Phi) is 3.98. The molecule has 76 valence electrons. The van der Waals surface area contributed by atoms with Crippen molar-refractivity contribution in [3.05, 3.63) is 0 Å². The number of rotatable bonds is 5. The fourth-order valence-electron chi connectivity index (χ4n) is 2.01. The topological polar surface area (TPSA) is 12.0 Å². The second-order valence-corrected chi connectivity index (χ2v) is 5.77. The summed E-state index contributed by atoms with van der Waals surface area (Å²) in [6.07, 6.45) is 10.3. The fourth-order valence-corrected chi connectivity index (χ4v) is 3.24. The monoisotopic (exact) mass is 199 g/mol. The highest BCUT2D eigenvalue weighted by Gasteiger charge is 2.20. The van der Waals surface area contributed by atoms with Gasteiger partial charge in [0.15, 0.2) is 0 Å². The second kappa shape index (κ2) is 5.26. The minimum atomic E-state index is 0.895. The van der Waals surface area contributed by atoms with Crippen LogP contribution in [-0.4, -0.2) is 23.6 Å². The summed E-state index contributed by atoms with van der Waals surface area (Å²) in [5.41, 5.74) is 0. The molecule has 2 saturated carbocycles. The zero-order valence-electron chi connectivity index (χ0n) is 8.43. The molecule has 2 aliphatic carbocycles. The van der Waals surface area contributed by atoms with Crippen LogP contribution in [0.3, 0.4) is 0 Å². The highest BCUT2D eigenvalue weighted by atomic mass is 32.2. The Hall–Kier alpha value is 0.310. The standard InChI is InChI=1S/C11H21NS/c1-2-4-11(5-3-1)13-9-8-12-10-6-7-10/h10-12H,1-9H2. The van der Waals surface area contributed by atoms with E-state index >= 15 is 0 Å². The summed E-state index contributed by atoms with van der Waals surface area (Å²) >= 11 is 2.20. The predicted molar refractivity (Wildman–Crippen MR) is 60.4 cm³/mol. The van der Waals surface area contributed by atoms with E-state index in [4.69, 9.17) is 0 Å². The van der Waals surface area contributed by atoms with Gasteiger partial charge < -0.3 is 5.32 Å². The molecule has 13 heavy (non-hydrogen) atoms. The summed E-state index contributed by atoms with van der Waals surface area (Å²) in [6.45, 7) is 1.24. The van der Waals surface area contributed by atoms with Crippen LogP contribution in [0.2, 0.25) is 0 Å². The Morgan fingerprint density at radius 3 is 2.46 bits per heavy atom. The molecule has 2 rings (SSSR count). The first-order chi connectivity index (χ1) is 6.45. The molecule has 0 saturated heterocycles. The third-order valence-corrected chi connectivity index (χ3v) is 4.40. The van der Waals surface area contributed by atoms with Crippen LogP contribution < -0.4 is 5.32 Å². The van der Waals surface area contributed by atoms with Gasteiger partial charge in [-0.25, -0.2) is 0 Å². The van der Waals surface area contributed by atoms with Crippen LogP contribution in [0.5, 0.6) is 0 Å². The van der Waals surface area contributed by atoms with Gasteiger partial charge in [0, 0.05) is 23.6 Å². The lowest BCUT2D eigenvalue weighted by Gasteiger charge is -2.20. The molecule has 2 aliphatic rings. The summed E-state index contributed by atoms with van der Waals surface area (Å²) in [6, 6.07) is 0.895. The van der Waals surface area contributed by atoms with E-state index in [2.05, 4.69) is 17.1 Å². The summed E-state index contributed by atoms with van der Waals surface area (Å²) in [7, 11) is 0. The van der Waals surface area contributed by atoms with Crippen molar-refractivity contribution in [2.24, 2.45) is 0 Å². The maximum atomic E-state index is 3.58. The molecule has 0 spiro atoms. The SMILES string of the molecule is C1CCC(SCCNC2CC2)CC1. The van der Waals surface area contributed by atoms with E-state index in [1.165, 1.54) is 57.2 Å². The Morgan fingerprint density at radius 1 is 1.00 bits per heavy atom. The Bertz CT molecular complexity index is 139. The maximum absolute atomic E-state index is 3.58. The summed E-state index contributed by atoms with van der Waals surface area (Å²) in [5.74, 6) is 1.33. The summed E-state index contributed by atoms with van der Waals surface area (Å²) in [4.78, 5) is 0. The van der Waals surface area contributed by atoms with E-state index in [0.717, 1.165) is 11.3 Å². The maximum Gasteiger partial charge on any atom is 0.00685 e. The van der Waals surface area contributed by atoms with Gasteiger partial charge in [-0.1, -0.05) is 19.3 Å². The van der Waals surface area contributed by atoms with Gasteiger partial charge in [-0.15, -0.1) is 0 Å². The van der Waals surface area contributed by atoms with Crippen LogP contribution in [-0.2, 0) is 0 Å². The zero-order valence-corrected chi connectivity index (χ0v) is 9.24. The van der Waals surface area contributed by atoms with E-state index < -0.39 is 0 Å². The smallest absolute Gasteiger partial charge is 0.00685 e. The highest BCUT2D eigenvalue weighted by Crippen LogP contribution is 2.28. The van der Waals surface area contributed by atoms with Crippen molar-refractivity contribution in [2.75, 3.05) is 12.3 Å². The molecule has 0 aromatic rings. The third-order valence-electron chi connectivity index (χ3n) is 3.02. The number of hydrogen-bond acceptors (Lipinski definition) is 2. The molecule has 0 aromatic carbocycles. The Morgan fingerprint density at radius 2 is 1.77 bits per heavy atom. The summed E-state index contributed by atoms with van der Waals surface area (Å²) < 4.78 is 0. The molecule has 2 fully saturated rings. The van der Waals surface area contributed by atoms with Crippen LogP contribution in [0, 0.1) is 0 Å². The fraction of sp³-hybridized carbons (Fsp3) is 1.00. The van der Waals surface area contributed by atoms with Gasteiger partial charge in [-0.3, -0.25) is 0 Å². The number of hydrogen-bond donors (Lipinski definition) is 1. The van der Waals surface area contributed by atoms with Crippen LogP contribution in [0.1, 0.15) is 44.9 Å². The van der Waals surface area contributed by atoms with Crippen LogP contribution in [0.25, 0.3) is 0 Å². The van der Waals surface area contributed by atoms with Crippen molar-refractivity contribution >= 4 is 11.8 Å². The third kappa shape index (κ3) is 3.90. The first-order valence-electron chi connectivity index (χ1n) is 5.80. The first kappa shape index (κ1) is 9.85. The van der Waals surface area contributed by atoms with Gasteiger partial charge in [0.05, 0.1) is 0 Å². The zero-order chi connectivity index (χ0) is 8.93. The lowest BCUT2D eigenvalue weighted by Crippen LogP contribution is -2.20. The molecular formula is C11H21NS. The largest absolute Gasteiger partial charge is 0.313 e. The van der Waals surface area contributed by atoms with Gasteiger partial charge in [-0.05, 0) is 25.7 Å². The molecule has 0 atom stereocenters. The van der Waals surface area contributed by atoms with Crippen LogP contribution >= 0.6 is 11.8 Å². The van der Waals surface area contributed by atoms with Crippen molar-refractivity contribution in [2.45, 2.75) is 56.2 Å². The van der Waals surface area contributed by atoms with Crippen molar-refractivity contribution in [3.8, 4) is 0 Å². The van der Waals surface area contributed by atoms with Crippen molar-refractivity contribution in [3.63, 3.8) is 0 Å². The Balaban J connectivity index is 1.46. The molecule has 0 aromatic heterocycles. The average Bonchev–Trinajstić information content (AvgIpc) is 2.98. The number of thioether (sulfide) groups is 1. The highest BCUT2D eigenvalue weighted by molar-refractivity contribution is 7.99. The van der Waals surface area contributed by atoms with E-state index in [-0.39, 0.29) is 0 Å². The van der Waals surface area contributed by atoms with E-state index in [9.17, 15) is 0 Å². The van der Waals surface area contributed by atoms with Gasteiger partial charge in [0.2, 0.25) is 0 Å². The molecular weight excluding hydrogens is 178 g/mol. The lowest BCUT2D eigenvalue weighted by atomic mass is 10.0. The van der Waals surface area contributed by atoms with Gasteiger partial charge in [0.1, 0.15) is 0 Å². The van der Waals surface area contributed by atoms with Crippen molar-refractivity contribution in [1.82, 2.24) is 5.32 Å². The van der Waals surface area contributed by atoms with Crippen molar-refractivity contribution in [1.29, 1.82) is 0 Å². The molecule has 0 amide bonds. The van der Waals surface area contributed by atoms with Gasteiger partial charge in [0.25, 0.3) is 0 Å². The molecule has 1 N–H and O–H groups in total. The van der Waals surface area contributed by atoms with Crippen molar-refractivity contribution < 1.29 is 0 Å². The molecule has 0 unspecified atom stereocenters. The molecule has 0 bridgehead atoms. The lowest BCUT2D eigenvalue weighted by molar-refractivity contribution is 0.516. The van der Waals surface area contributed by atoms with E-state index in [1.807, 2.05) is 0 Å². The van der Waals surface area contributed by atoms with Gasteiger partial charge in [-0.2, -0.15) is 11.8 Å². The molecule has 1 nitrogen and oxygen atoms in total. The number of nitrogens with one attached hydrogen (secondary N) is 1. The normalized spacial score (nSPS) is 24.9. The quantitative estimate of drug-likeness (QED) is 0.683. The first-order valence-corrected chi connectivity index (χ1v) is 6.85. The second-order valence-electron chi connectivity index (χ2n) is 4.36. The molecule has 2 heteroatoms. The average molecular weight is 199 g/mol. The van der Waals surface area contributed by atoms with Crippen LogP contribution in [0.4, 0.5) is 0 Å². The molecule has 0 heterocycles. The van der Waals surface area contributed by atoms with E-state index in [0.29, 0.717) is 0 Å². The Labute approximate surface area is 86.0 Å². The van der Waals surface area contributed by atoms with Gasteiger partial charge >= 0.3 is 0 Å².